The Labute approximate surface area is 127 Å². The Hall–Kier alpha value is -2.57. The number of nitrogen functional groups attached to an aromatic ring is 1. The summed E-state index contributed by atoms with van der Waals surface area (Å²) in [5, 5.41) is 18.7. The summed E-state index contributed by atoms with van der Waals surface area (Å²) >= 11 is 0. The zero-order chi connectivity index (χ0) is 15.1. The van der Waals surface area contributed by atoms with Crippen LogP contribution in [0.4, 0.5) is 5.82 Å². The summed E-state index contributed by atoms with van der Waals surface area (Å²) < 4.78 is 3.47. The van der Waals surface area contributed by atoms with Gasteiger partial charge in [0.25, 0.3) is 0 Å². The van der Waals surface area contributed by atoms with E-state index in [4.69, 9.17) is 5.73 Å². The van der Waals surface area contributed by atoms with Crippen LogP contribution in [0, 0.1) is 0 Å². The molecule has 1 aliphatic rings. The molecule has 114 valence electrons. The number of nitrogens with two attached hydrogens (primary N) is 1. The molecule has 3 aromatic heterocycles. The number of rotatable bonds is 2. The summed E-state index contributed by atoms with van der Waals surface area (Å²) in [5.74, 6) is 0.400. The maximum atomic E-state index is 10.1. The van der Waals surface area contributed by atoms with Gasteiger partial charge in [-0.3, -0.25) is 4.68 Å². The molecule has 1 aliphatic carbocycles. The molecule has 0 bridgehead atoms. The topological polar surface area (TPSA) is 94.3 Å². The molecule has 0 aliphatic heterocycles. The van der Waals surface area contributed by atoms with Gasteiger partial charge in [0.15, 0.2) is 5.82 Å². The van der Waals surface area contributed by atoms with Gasteiger partial charge >= 0.3 is 0 Å². The van der Waals surface area contributed by atoms with Crippen molar-refractivity contribution in [1.29, 1.82) is 0 Å². The van der Waals surface area contributed by atoms with E-state index in [1.165, 1.54) is 30.1 Å². The van der Waals surface area contributed by atoms with Crippen molar-refractivity contribution in [2.75, 3.05) is 5.73 Å². The van der Waals surface area contributed by atoms with Crippen molar-refractivity contribution in [2.45, 2.75) is 38.1 Å². The number of nitrogens with zero attached hydrogens (tertiary/aromatic N) is 5. The van der Waals surface area contributed by atoms with Crippen LogP contribution in [0.1, 0.15) is 38.1 Å². The third-order valence-electron chi connectivity index (χ3n) is 4.43. The highest BCUT2D eigenvalue weighted by Crippen LogP contribution is 2.36. The second-order valence-electron chi connectivity index (χ2n) is 5.77. The van der Waals surface area contributed by atoms with Crippen molar-refractivity contribution in [3.8, 4) is 17.1 Å². The molecule has 3 N–H and O–H groups in total. The standard InChI is InChI=1S/C15H18N6O/c16-15-14-11(8-13(22)21(14)19-9-17-15)12-6-7-18-20(12)10-4-2-1-3-5-10/h6-10,22H,1-5H2,(H2,16,17,19). The Balaban J connectivity index is 1.88. The van der Waals surface area contributed by atoms with Gasteiger partial charge in [-0.15, -0.1) is 0 Å². The fourth-order valence-corrected chi connectivity index (χ4v) is 3.39. The number of anilines is 1. The molecule has 4 rings (SSSR count). The van der Waals surface area contributed by atoms with Gasteiger partial charge in [-0.1, -0.05) is 19.3 Å². The predicted octanol–water partition coefficient (Wildman–Crippen LogP) is 2.39. The van der Waals surface area contributed by atoms with Gasteiger partial charge in [0.05, 0.1) is 11.7 Å². The molecule has 0 aromatic carbocycles. The summed E-state index contributed by atoms with van der Waals surface area (Å²) in [7, 11) is 0. The molecule has 7 nitrogen and oxygen atoms in total. The average Bonchev–Trinajstić information content (AvgIpc) is 3.14. The molecule has 3 heterocycles. The van der Waals surface area contributed by atoms with Crippen LogP contribution in [0.15, 0.2) is 24.7 Å². The van der Waals surface area contributed by atoms with Crippen molar-refractivity contribution >= 4 is 11.3 Å². The van der Waals surface area contributed by atoms with Gasteiger partial charge in [-0.25, -0.2) is 4.98 Å². The third kappa shape index (κ3) is 1.93. The van der Waals surface area contributed by atoms with E-state index in [1.807, 2.05) is 6.07 Å². The van der Waals surface area contributed by atoms with E-state index >= 15 is 0 Å². The lowest BCUT2D eigenvalue weighted by atomic mass is 9.95. The van der Waals surface area contributed by atoms with E-state index in [-0.39, 0.29) is 5.88 Å². The average molecular weight is 298 g/mol. The highest BCUT2D eigenvalue weighted by Gasteiger charge is 2.22. The Morgan fingerprint density at radius 3 is 2.82 bits per heavy atom. The summed E-state index contributed by atoms with van der Waals surface area (Å²) in [5.41, 5.74) is 8.38. The summed E-state index contributed by atoms with van der Waals surface area (Å²) in [4.78, 5) is 4.04. The van der Waals surface area contributed by atoms with Crippen LogP contribution in [-0.2, 0) is 0 Å². The molecule has 1 saturated carbocycles. The van der Waals surface area contributed by atoms with Gasteiger partial charge in [0, 0.05) is 17.8 Å². The molecular formula is C15H18N6O. The Morgan fingerprint density at radius 2 is 2.00 bits per heavy atom. The van der Waals surface area contributed by atoms with Crippen molar-refractivity contribution < 1.29 is 5.11 Å². The summed E-state index contributed by atoms with van der Waals surface area (Å²) in [6.45, 7) is 0. The van der Waals surface area contributed by atoms with E-state index in [1.54, 1.807) is 12.3 Å². The first kappa shape index (κ1) is 13.1. The minimum absolute atomic E-state index is 0.0514. The van der Waals surface area contributed by atoms with E-state index < -0.39 is 0 Å². The Kier molecular flexibility index (Phi) is 2.99. The number of hydrogen-bond acceptors (Lipinski definition) is 5. The van der Waals surface area contributed by atoms with Crippen molar-refractivity contribution in [3.05, 3.63) is 24.7 Å². The maximum Gasteiger partial charge on any atom is 0.213 e. The second kappa shape index (κ2) is 5.01. The van der Waals surface area contributed by atoms with Crippen LogP contribution in [0.2, 0.25) is 0 Å². The number of aromatic nitrogens is 5. The molecule has 0 atom stereocenters. The number of fused-ring (bicyclic) bond motifs is 1. The zero-order valence-electron chi connectivity index (χ0n) is 12.2. The molecule has 3 aromatic rings. The second-order valence-corrected chi connectivity index (χ2v) is 5.77. The van der Waals surface area contributed by atoms with Crippen molar-refractivity contribution in [1.82, 2.24) is 24.4 Å². The highest BCUT2D eigenvalue weighted by atomic mass is 16.3. The lowest BCUT2D eigenvalue weighted by molar-refractivity contribution is 0.332. The van der Waals surface area contributed by atoms with Gasteiger partial charge in [0.2, 0.25) is 5.88 Å². The quantitative estimate of drug-likeness (QED) is 0.757. The van der Waals surface area contributed by atoms with Gasteiger partial charge in [0.1, 0.15) is 11.8 Å². The summed E-state index contributed by atoms with van der Waals surface area (Å²) in [6.07, 6.45) is 9.17. The molecule has 0 radical (unpaired) electrons. The van der Waals surface area contributed by atoms with Crippen LogP contribution in [-0.4, -0.2) is 29.5 Å². The van der Waals surface area contributed by atoms with Crippen molar-refractivity contribution in [3.63, 3.8) is 0 Å². The minimum atomic E-state index is 0.0514. The maximum absolute atomic E-state index is 10.1. The highest BCUT2D eigenvalue weighted by molar-refractivity contribution is 5.87. The van der Waals surface area contributed by atoms with Gasteiger partial charge < -0.3 is 10.8 Å². The smallest absolute Gasteiger partial charge is 0.213 e. The van der Waals surface area contributed by atoms with Crippen LogP contribution < -0.4 is 5.73 Å². The number of hydrogen-bond donors (Lipinski definition) is 2. The fraction of sp³-hybridized carbons (Fsp3) is 0.400. The first-order chi connectivity index (χ1) is 10.8. The van der Waals surface area contributed by atoms with Crippen molar-refractivity contribution in [2.24, 2.45) is 0 Å². The van der Waals surface area contributed by atoms with Gasteiger partial charge in [-0.2, -0.15) is 14.7 Å². The molecule has 7 heteroatoms. The molecule has 0 saturated heterocycles. The fourth-order valence-electron chi connectivity index (χ4n) is 3.39. The van der Waals surface area contributed by atoms with E-state index in [2.05, 4.69) is 19.9 Å². The van der Waals surface area contributed by atoms with E-state index in [0.29, 0.717) is 17.4 Å². The summed E-state index contributed by atoms with van der Waals surface area (Å²) in [6, 6.07) is 4.04. The SMILES string of the molecule is Nc1ncnn2c(O)cc(-c3ccnn3C3CCCCC3)c12. The molecule has 1 fully saturated rings. The van der Waals surface area contributed by atoms with Crippen LogP contribution in [0.5, 0.6) is 5.88 Å². The molecular weight excluding hydrogens is 280 g/mol. The predicted molar refractivity (Wildman–Crippen MR) is 82.4 cm³/mol. The van der Waals surface area contributed by atoms with Gasteiger partial charge in [-0.05, 0) is 18.9 Å². The minimum Gasteiger partial charge on any atom is -0.493 e. The third-order valence-corrected chi connectivity index (χ3v) is 4.43. The lowest BCUT2D eigenvalue weighted by Crippen LogP contribution is -2.15. The zero-order valence-corrected chi connectivity index (χ0v) is 12.2. The number of aromatic hydroxyl groups is 1. The molecule has 0 amide bonds. The Morgan fingerprint density at radius 1 is 1.18 bits per heavy atom. The normalized spacial score (nSPS) is 16.4. The first-order valence-corrected chi connectivity index (χ1v) is 7.61. The van der Waals surface area contributed by atoms with Crippen LogP contribution in [0.25, 0.3) is 16.8 Å². The van der Waals surface area contributed by atoms with E-state index in [9.17, 15) is 5.11 Å². The molecule has 0 spiro atoms. The lowest BCUT2D eigenvalue weighted by Gasteiger charge is -2.23. The van der Waals surface area contributed by atoms with E-state index in [0.717, 1.165) is 24.1 Å². The Bertz CT molecular complexity index is 815. The van der Waals surface area contributed by atoms with Crippen LogP contribution >= 0.6 is 0 Å². The molecule has 0 unspecified atom stereocenters. The monoisotopic (exact) mass is 298 g/mol. The van der Waals surface area contributed by atoms with Crippen LogP contribution in [0.3, 0.4) is 0 Å². The molecule has 22 heavy (non-hydrogen) atoms. The largest absolute Gasteiger partial charge is 0.493 e. The first-order valence-electron chi connectivity index (χ1n) is 7.61.